The van der Waals surface area contributed by atoms with Gasteiger partial charge in [-0.15, -0.1) is 10.2 Å². The number of fused-ring (bicyclic) bond motifs is 1. The Kier molecular flexibility index (Phi) is 6.36. The highest BCUT2D eigenvalue weighted by molar-refractivity contribution is 7.99. The zero-order valence-electron chi connectivity index (χ0n) is 20.0. The van der Waals surface area contributed by atoms with Gasteiger partial charge in [0.25, 0.3) is 0 Å². The largest absolute Gasteiger partial charge is 0.507 e. The van der Waals surface area contributed by atoms with Crippen LogP contribution in [-0.2, 0) is 18.6 Å². The predicted octanol–water partition coefficient (Wildman–Crippen LogP) is 5.16. The van der Waals surface area contributed by atoms with Gasteiger partial charge in [-0.25, -0.2) is 0 Å². The number of thioether (sulfide) groups is 1. The van der Waals surface area contributed by atoms with E-state index < -0.39 is 11.7 Å². The summed E-state index contributed by atoms with van der Waals surface area (Å²) in [4.78, 5) is 14.3. The second-order valence-electron chi connectivity index (χ2n) is 9.72. The van der Waals surface area contributed by atoms with Crippen molar-refractivity contribution < 1.29 is 23.1 Å². The van der Waals surface area contributed by atoms with Gasteiger partial charge >= 0.3 is 6.18 Å². The van der Waals surface area contributed by atoms with Gasteiger partial charge in [0.2, 0.25) is 0 Å². The molecule has 10 heteroatoms. The number of benzene rings is 2. The monoisotopic (exact) mass is 516 g/mol. The van der Waals surface area contributed by atoms with E-state index in [-0.39, 0.29) is 16.9 Å². The highest BCUT2D eigenvalue weighted by Crippen LogP contribution is 2.59. The van der Waals surface area contributed by atoms with E-state index in [9.17, 15) is 23.1 Å². The second kappa shape index (κ2) is 9.23. The molecule has 1 aliphatic carbocycles. The Morgan fingerprint density at radius 1 is 1.19 bits per heavy atom. The van der Waals surface area contributed by atoms with Crippen molar-refractivity contribution in [2.24, 2.45) is 13.0 Å². The van der Waals surface area contributed by atoms with Gasteiger partial charge in [0.05, 0.1) is 11.1 Å². The SMILES string of the molecule is CC(=O)c1cc([C@]23C[C@H]2CN(CCCSc2nnc(-c4ccc(C(F)(F)F)cc4)n2C)C3)ccc1O. The van der Waals surface area contributed by atoms with Crippen molar-refractivity contribution in [3.05, 3.63) is 59.2 Å². The minimum Gasteiger partial charge on any atom is -0.507 e. The molecule has 2 fully saturated rings. The molecule has 6 nitrogen and oxygen atoms in total. The normalized spacial score (nSPS) is 21.5. The number of phenols is 1. The van der Waals surface area contributed by atoms with Crippen LogP contribution in [0.3, 0.4) is 0 Å². The molecule has 5 rings (SSSR count). The molecule has 3 aromatic rings. The zero-order chi connectivity index (χ0) is 25.7. The predicted molar refractivity (Wildman–Crippen MR) is 131 cm³/mol. The van der Waals surface area contributed by atoms with Crippen LogP contribution in [0.15, 0.2) is 47.6 Å². The van der Waals surface area contributed by atoms with Crippen LogP contribution >= 0.6 is 11.8 Å². The first-order chi connectivity index (χ1) is 17.1. The van der Waals surface area contributed by atoms with E-state index >= 15 is 0 Å². The fourth-order valence-electron chi connectivity index (χ4n) is 5.28. The van der Waals surface area contributed by atoms with Crippen molar-refractivity contribution in [1.82, 2.24) is 19.7 Å². The summed E-state index contributed by atoms with van der Waals surface area (Å²) in [5.41, 5.74) is 1.53. The Bertz CT molecular complexity index is 1290. The molecule has 190 valence electrons. The molecule has 2 aliphatic rings. The molecule has 0 spiro atoms. The molecular weight excluding hydrogens is 489 g/mol. The molecule has 2 heterocycles. The summed E-state index contributed by atoms with van der Waals surface area (Å²) in [6.07, 6.45) is -2.28. The molecule has 2 atom stereocenters. The summed E-state index contributed by atoms with van der Waals surface area (Å²) in [5.74, 6) is 1.88. The molecule has 2 aromatic carbocycles. The Morgan fingerprint density at radius 3 is 2.64 bits per heavy atom. The zero-order valence-corrected chi connectivity index (χ0v) is 20.9. The quantitative estimate of drug-likeness (QED) is 0.253. The molecule has 0 bridgehead atoms. The van der Waals surface area contributed by atoms with Crippen molar-refractivity contribution >= 4 is 17.5 Å². The van der Waals surface area contributed by atoms with Gasteiger partial charge in [0.1, 0.15) is 5.75 Å². The maximum absolute atomic E-state index is 12.8. The van der Waals surface area contributed by atoms with Gasteiger partial charge in [0, 0.05) is 36.9 Å². The maximum Gasteiger partial charge on any atom is 0.416 e. The summed E-state index contributed by atoms with van der Waals surface area (Å²) >= 11 is 1.58. The number of halogens is 3. The molecule has 1 aromatic heterocycles. The van der Waals surface area contributed by atoms with Gasteiger partial charge in [-0.2, -0.15) is 13.2 Å². The van der Waals surface area contributed by atoms with E-state index in [0.29, 0.717) is 22.9 Å². The summed E-state index contributed by atoms with van der Waals surface area (Å²) in [6, 6.07) is 10.4. The minimum atomic E-state index is -4.36. The number of phenolic OH excluding ortho intramolecular Hbond substituents is 1. The highest BCUT2D eigenvalue weighted by Gasteiger charge is 2.60. The average Bonchev–Trinajstić information content (AvgIpc) is 3.21. The third kappa shape index (κ3) is 4.64. The van der Waals surface area contributed by atoms with Gasteiger partial charge in [0.15, 0.2) is 16.8 Å². The molecule has 1 N–H and O–H groups in total. The first-order valence-corrected chi connectivity index (χ1v) is 12.8. The number of nitrogens with zero attached hydrogens (tertiary/aromatic N) is 4. The topological polar surface area (TPSA) is 71.2 Å². The third-order valence-electron chi connectivity index (χ3n) is 7.32. The number of carbonyl (C=O) groups excluding carboxylic acids is 1. The Morgan fingerprint density at radius 2 is 1.94 bits per heavy atom. The Labute approximate surface area is 211 Å². The number of piperidine rings is 1. The number of likely N-dealkylation sites (tertiary alicyclic amines) is 1. The molecule has 0 amide bonds. The molecular formula is C26H27F3N4O2S. The van der Waals surface area contributed by atoms with Crippen LogP contribution in [0.25, 0.3) is 11.4 Å². The van der Waals surface area contributed by atoms with Crippen molar-refractivity contribution in [2.75, 3.05) is 25.4 Å². The molecule has 1 saturated heterocycles. The average molecular weight is 517 g/mol. The van der Waals surface area contributed by atoms with E-state index in [0.717, 1.165) is 61.1 Å². The lowest BCUT2D eigenvalue weighted by Crippen LogP contribution is -2.28. The molecule has 0 radical (unpaired) electrons. The maximum atomic E-state index is 12.8. The van der Waals surface area contributed by atoms with Crippen molar-refractivity contribution in [2.45, 2.75) is 36.5 Å². The fraction of sp³-hybridized carbons (Fsp3) is 0.423. The number of ketones is 1. The highest BCUT2D eigenvalue weighted by atomic mass is 32.2. The van der Waals surface area contributed by atoms with Gasteiger partial charge in [-0.3, -0.25) is 4.79 Å². The number of Topliss-reactive ketones (excluding diaryl/α,β-unsaturated/α-hetero) is 1. The number of hydrogen-bond donors (Lipinski definition) is 1. The van der Waals surface area contributed by atoms with Crippen molar-refractivity contribution in [3.8, 4) is 17.1 Å². The van der Waals surface area contributed by atoms with Crippen LogP contribution in [0, 0.1) is 5.92 Å². The second-order valence-corrected chi connectivity index (χ2v) is 10.8. The summed E-state index contributed by atoms with van der Waals surface area (Å²) in [6.45, 7) is 4.41. The van der Waals surface area contributed by atoms with E-state index in [1.165, 1.54) is 19.1 Å². The molecule has 1 saturated carbocycles. The fourth-order valence-corrected chi connectivity index (χ4v) is 6.12. The van der Waals surface area contributed by atoms with E-state index in [1.54, 1.807) is 17.8 Å². The summed E-state index contributed by atoms with van der Waals surface area (Å²) < 4.78 is 40.3. The Hall–Kier alpha value is -2.85. The number of alkyl halides is 3. The first kappa shape index (κ1) is 24.8. The van der Waals surface area contributed by atoms with E-state index in [4.69, 9.17) is 0 Å². The van der Waals surface area contributed by atoms with Crippen molar-refractivity contribution in [3.63, 3.8) is 0 Å². The summed E-state index contributed by atoms with van der Waals surface area (Å²) in [5, 5.41) is 19.1. The summed E-state index contributed by atoms with van der Waals surface area (Å²) in [7, 11) is 1.82. The van der Waals surface area contributed by atoms with Crippen LogP contribution < -0.4 is 0 Å². The van der Waals surface area contributed by atoms with Crippen molar-refractivity contribution in [1.29, 1.82) is 0 Å². The molecule has 36 heavy (non-hydrogen) atoms. The third-order valence-corrected chi connectivity index (χ3v) is 8.43. The number of hydrogen-bond acceptors (Lipinski definition) is 6. The number of carbonyl (C=O) groups is 1. The van der Waals surface area contributed by atoms with E-state index in [1.807, 2.05) is 23.7 Å². The standard InChI is InChI=1S/C26H27F3N4O2S/c1-16(34)21-12-19(8-9-22(21)35)25-13-20(25)14-33(15-25)10-3-11-36-24-31-30-23(32(24)2)17-4-6-18(7-5-17)26(27,28)29/h4-9,12,20,35H,3,10-11,13-15H2,1-2H3/t20-,25+/m0/s1. The minimum absolute atomic E-state index is 0.0389. The smallest absolute Gasteiger partial charge is 0.416 e. The lowest BCUT2D eigenvalue weighted by molar-refractivity contribution is -0.137. The lowest BCUT2D eigenvalue weighted by Gasteiger charge is -2.21. The van der Waals surface area contributed by atoms with Crippen LogP contribution in [0.4, 0.5) is 13.2 Å². The van der Waals surface area contributed by atoms with Gasteiger partial charge < -0.3 is 14.6 Å². The molecule has 1 aliphatic heterocycles. The Balaban J connectivity index is 1.14. The number of rotatable bonds is 8. The van der Waals surface area contributed by atoms with Gasteiger partial charge in [-0.1, -0.05) is 30.0 Å². The van der Waals surface area contributed by atoms with E-state index in [2.05, 4.69) is 15.1 Å². The van der Waals surface area contributed by atoms with Crippen LogP contribution in [-0.4, -0.2) is 55.9 Å². The van der Waals surface area contributed by atoms with Crippen LogP contribution in [0.5, 0.6) is 5.75 Å². The van der Waals surface area contributed by atoms with Crippen LogP contribution in [0.2, 0.25) is 0 Å². The lowest BCUT2D eigenvalue weighted by atomic mass is 9.92. The molecule has 0 unspecified atom stereocenters. The number of aromatic nitrogens is 3. The number of aromatic hydroxyl groups is 1. The van der Waals surface area contributed by atoms with Gasteiger partial charge in [-0.05, 0) is 62.1 Å². The van der Waals surface area contributed by atoms with Crippen LogP contribution in [0.1, 0.15) is 41.3 Å². The first-order valence-electron chi connectivity index (χ1n) is 11.8.